The van der Waals surface area contributed by atoms with Gasteiger partial charge in [0.05, 0.1) is 11.3 Å². The number of aromatic amines is 1. The lowest BCUT2D eigenvalue weighted by Gasteiger charge is -2.29. The summed E-state index contributed by atoms with van der Waals surface area (Å²) in [6.45, 7) is 2.56. The number of H-pyrrole nitrogens is 1. The van der Waals surface area contributed by atoms with Gasteiger partial charge in [-0.2, -0.15) is 18.4 Å². The highest BCUT2D eigenvalue weighted by Crippen LogP contribution is 2.38. The van der Waals surface area contributed by atoms with Crippen molar-refractivity contribution in [2.24, 2.45) is 5.92 Å². The summed E-state index contributed by atoms with van der Waals surface area (Å²) >= 11 is 0. The Morgan fingerprint density at radius 1 is 1.23 bits per heavy atom. The van der Waals surface area contributed by atoms with Crippen LogP contribution in [0.25, 0.3) is 22.3 Å². The van der Waals surface area contributed by atoms with Crippen LogP contribution >= 0.6 is 0 Å². The maximum Gasteiger partial charge on any atom is 0.418 e. The van der Waals surface area contributed by atoms with Gasteiger partial charge in [0.2, 0.25) is 5.82 Å². The Morgan fingerprint density at radius 3 is 2.71 bits per heavy atom. The highest BCUT2D eigenvalue weighted by Gasteiger charge is 2.34. The molecule has 1 aliphatic heterocycles. The fraction of sp³-hybridized carbons (Fsp3) is 0.409. The summed E-state index contributed by atoms with van der Waals surface area (Å²) in [4.78, 5) is 13.4. The van der Waals surface area contributed by atoms with Crippen molar-refractivity contribution in [3.05, 3.63) is 41.9 Å². The Hall–Kier alpha value is -3.12. The van der Waals surface area contributed by atoms with E-state index in [4.69, 9.17) is 0 Å². The summed E-state index contributed by atoms with van der Waals surface area (Å²) in [6.07, 6.45) is 0.0891. The number of halogens is 3. The van der Waals surface area contributed by atoms with Crippen LogP contribution in [0.5, 0.6) is 0 Å². The predicted molar refractivity (Wildman–Crippen MR) is 112 cm³/mol. The van der Waals surface area contributed by atoms with Gasteiger partial charge in [-0.15, -0.1) is 0 Å². The molecule has 2 N–H and O–H groups in total. The standard InChI is InChI=1S/C22H23F3N6/c1-31-10-6-14(7-11-31)4-8-27-18-3-2-15(12-17(18)22(23,24)25)20-16-5-9-28-21(16)30-19(13-26)29-20/h2-3,5,9,12,14,27H,4,6-8,10-11H2,1H3,(H,28,29,30). The average molecular weight is 428 g/mol. The van der Waals surface area contributed by atoms with E-state index in [1.807, 2.05) is 6.07 Å². The molecule has 162 valence electrons. The molecule has 0 aliphatic carbocycles. The number of likely N-dealkylation sites (tertiary alicyclic amines) is 1. The molecule has 3 aromatic rings. The molecular weight excluding hydrogens is 405 g/mol. The molecule has 31 heavy (non-hydrogen) atoms. The van der Waals surface area contributed by atoms with Crippen LogP contribution in [0.2, 0.25) is 0 Å². The number of benzene rings is 1. The molecule has 0 spiro atoms. The van der Waals surface area contributed by atoms with E-state index < -0.39 is 11.7 Å². The molecule has 1 saturated heterocycles. The van der Waals surface area contributed by atoms with Crippen LogP contribution in [0.15, 0.2) is 30.5 Å². The van der Waals surface area contributed by atoms with Crippen molar-refractivity contribution in [1.82, 2.24) is 19.9 Å². The smallest absolute Gasteiger partial charge is 0.385 e. The first-order chi connectivity index (χ1) is 14.8. The molecule has 0 saturated carbocycles. The lowest BCUT2D eigenvalue weighted by molar-refractivity contribution is -0.136. The Morgan fingerprint density at radius 2 is 2.00 bits per heavy atom. The Kier molecular flexibility index (Phi) is 5.83. The van der Waals surface area contributed by atoms with Crippen LogP contribution in [0, 0.1) is 17.2 Å². The Labute approximate surface area is 178 Å². The van der Waals surface area contributed by atoms with Gasteiger partial charge >= 0.3 is 6.18 Å². The second-order valence-corrected chi connectivity index (χ2v) is 7.97. The van der Waals surface area contributed by atoms with Gasteiger partial charge < -0.3 is 15.2 Å². The van der Waals surface area contributed by atoms with E-state index in [9.17, 15) is 18.4 Å². The molecular formula is C22H23F3N6. The molecule has 1 aromatic carbocycles. The second kappa shape index (κ2) is 8.55. The van der Waals surface area contributed by atoms with E-state index in [0.29, 0.717) is 29.2 Å². The summed E-state index contributed by atoms with van der Waals surface area (Å²) in [5.41, 5.74) is 0.316. The summed E-state index contributed by atoms with van der Waals surface area (Å²) in [6, 6.07) is 7.68. The van der Waals surface area contributed by atoms with E-state index in [1.165, 1.54) is 6.07 Å². The molecule has 9 heteroatoms. The van der Waals surface area contributed by atoms with Crippen molar-refractivity contribution in [2.45, 2.75) is 25.4 Å². The van der Waals surface area contributed by atoms with Crippen molar-refractivity contribution in [3.8, 4) is 17.3 Å². The van der Waals surface area contributed by atoms with Gasteiger partial charge in [-0.25, -0.2) is 9.97 Å². The number of hydrogen-bond donors (Lipinski definition) is 2. The average Bonchev–Trinajstić information content (AvgIpc) is 3.22. The number of nitrogens with zero attached hydrogens (tertiary/aromatic N) is 4. The van der Waals surface area contributed by atoms with Crippen molar-refractivity contribution in [2.75, 3.05) is 32.0 Å². The topological polar surface area (TPSA) is 80.6 Å². The molecule has 6 nitrogen and oxygen atoms in total. The van der Waals surface area contributed by atoms with E-state index in [1.54, 1.807) is 18.3 Å². The van der Waals surface area contributed by atoms with Crippen LogP contribution in [0.4, 0.5) is 18.9 Å². The number of aromatic nitrogens is 3. The van der Waals surface area contributed by atoms with Gasteiger partial charge in [0, 0.05) is 29.4 Å². The largest absolute Gasteiger partial charge is 0.418 e. The van der Waals surface area contributed by atoms with Crippen molar-refractivity contribution in [3.63, 3.8) is 0 Å². The molecule has 0 bridgehead atoms. The maximum absolute atomic E-state index is 13.8. The third kappa shape index (κ3) is 4.64. The Balaban J connectivity index is 1.60. The van der Waals surface area contributed by atoms with E-state index >= 15 is 0 Å². The zero-order valence-corrected chi connectivity index (χ0v) is 17.1. The second-order valence-electron chi connectivity index (χ2n) is 7.97. The minimum atomic E-state index is -4.52. The lowest BCUT2D eigenvalue weighted by atomic mass is 9.94. The van der Waals surface area contributed by atoms with Crippen LogP contribution in [-0.4, -0.2) is 46.5 Å². The number of anilines is 1. The number of piperidine rings is 1. The lowest BCUT2D eigenvalue weighted by Crippen LogP contribution is -2.30. The van der Waals surface area contributed by atoms with Gasteiger partial charge in [-0.05, 0) is 63.5 Å². The fourth-order valence-electron chi connectivity index (χ4n) is 4.05. The highest BCUT2D eigenvalue weighted by atomic mass is 19.4. The SMILES string of the molecule is CN1CCC(CCNc2ccc(-c3nc(C#N)nc4[nH]ccc34)cc2C(F)(F)F)CC1. The maximum atomic E-state index is 13.8. The third-order valence-corrected chi connectivity index (χ3v) is 5.82. The fourth-order valence-corrected chi connectivity index (χ4v) is 4.05. The number of fused-ring (bicyclic) bond motifs is 1. The molecule has 0 radical (unpaired) electrons. The van der Waals surface area contributed by atoms with Crippen LogP contribution in [-0.2, 0) is 6.18 Å². The third-order valence-electron chi connectivity index (χ3n) is 5.82. The number of nitriles is 1. The minimum Gasteiger partial charge on any atom is -0.385 e. The van der Waals surface area contributed by atoms with Crippen molar-refractivity contribution in [1.29, 1.82) is 5.26 Å². The molecule has 3 heterocycles. The predicted octanol–water partition coefficient (Wildman–Crippen LogP) is 4.66. The molecule has 1 fully saturated rings. The number of nitrogens with one attached hydrogen (secondary N) is 2. The minimum absolute atomic E-state index is 0.0593. The zero-order chi connectivity index (χ0) is 22.0. The molecule has 0 atom stereocenters. The quantitative estimate of drug-likeness (QED) is 0.618. The van der Waals surface area contributed by atoms with E-state index in [-0.39, 0.29) is 17.1 Å². The first kappa shape index (κ1) is 21.1. The first-order valence-corrected chi connectivity index (χ1v) is 10.2. The number of rotatable bonds is 5. The van der Waals surface area contributed by atoms with Gasteiger partial charge in [0.15, 0.2) is 0 Å². The molecule has 0 unspecified atom stereocenters. The highest BCUT2D eigenvalue weighted by molar-refractivity contribution is 5.91. The van der Waals surface area contributed by atoms with Crippen LogP contribution in [0.1, 0.15) is 30.7 Å². The van der Waals surface area contributed by atoms with Crippen LogP contribution < -0.4 is 5.32 Å². The monoisotopic (exact) mass is 428 g/mol. The Bertz CT molecular complexity index is 1110. The molecule has 1 aliphatic rings. The summed E-state index contributed by atoms with van der Waals surface area (Å²) in [7, 11) is 2.09. The van der Waals surface area contributed by atoms with Gasteiger partial charge in [0.1, 0.15) is 11.7 Å². The zero-order valence-electron chi connectivity index (χ0n) is 17.1. The molecule has 4 rings (SSSR count). The van der Waals surface area contributed by atoms with Gasteiger partial charge in [-0.1, -0.05) is 6.07 Å². The van der Waals surface area contributed by atoms with Crippen molar-refractivity contribution < 1.29 is 13.2 Å². The van der Waals surface area contributed by atoms with Crippen molar-refractivity contribution >= 4 is 16.7 Å². The van der Waals surface area contributed by atoms with E-state index in [2.05, 4.69) is 32.2 Å². The van der Waals surface area contributed by atoms with Gasteiger partial charge in [-0.3, -0.25) is 0 Å². The molecule has 2 aromatic heterocycles. The number of hydrogen-bond acceptors (Lipinski definition) is 5. The van der Waals surface area contributed by atoms with Gasteiger partial charge in [0.25, 0.3) is 0 Å². The summed E-state index contributed by atoms with van der Waals surface area (Å²) in [5.74, 6) is 0.434. The first-order valence-electron chi connectivity index (χ1n) is 10.2. The molecule has 0 amide bonds. The van der Waals surface area contributed by atoms with E-state index in [0.717, 1.165) is 38.4 Å². The summed E-state index contributed by atoms with van der Waals surface area (Å²) < 4.78 is 41.5. The number of alkyl halides is 3. The summed E-state index contributed by atoms with van der Waals surface area (Å²) in [5, 5.41) is 12.7. The van der Waals surface area contributed by atoms with Crippen LogP contribution in [0.3, 0.4) is 0 Å². The normalized spacial score (nSPS) is 15.8.